The number of hydrogen-bond acceptors (Lipinski definition) is 4. The predicted octanol–water partition coefficient (Wildman–Crippen LogP) is 0.452. The zero-order chi connectivity index (χ0) is 8.72. The number of esters is 1. The van der Waals surface area contributed by atoms with Gasteiger partial charge in [0.2, 0.25) is 0 Å². The lowest BCUT2D eigenvalue weighted by molar-refractivity contribution is -0.164. The van der Waals surface area contributed by atoms with E-state index in [1.807, 2.05) is 13.8 Å². The Balaban J connectivity index is 2.10. The molecule has 4 heteroatoms. The molecule has 0 amide bonds. The molecule has 0 spiro atoms. The molecule has 2 fully saturated rings. The first-order valence-electron chi connectivity index (χ1n) is 4.17. The van der Waals surface area contributed by atoms with Crippen molar-refractivity contribution in [1.29, 1.82) is 0 Å². The molecule has 0 aliphatic carbocycles. The van der Waals surface area contributed by atoms with Gasteiger partial charge in [-0.3, -0.25) is 4.79 Å². The van der Waals surface area contributed by atoms with Crippen molar-refractivity contribution < 1.29 is 19.0 Å². The number of ether oxygens (including phenoxy) is 3. The number of hydrogen-bond donors (Lipinski definition) is 0. The van der Waals surface area contributed by atoms with Crippen LogP contribution in [0.4, 0.5) is 0 Å². The topological polar surface area (TPSA) is 44.8 Å². The molecule has 0 N–H and O–H groups in total. The molecule has 2 heterocycles. The molecule has 0 aromatic rings. The molecule has 2 saturated heterocycles. The molecule has 2 rings (SSSR count). The molecular formula is C8H12O4. The summed E-state index contributed by atoms with van der Waals surface area (Å²) in [6, 6.07) is 0. The van der Waals surface area contributed by atoms with E-state index in [-0.39, 0.29) is 30.6 Å². The molecule has 0 aromatic carbocycles. The van der Waals surface area contributed by atoms with Crippen LogP contribution >= 0.6 is 0 Å². The van der Waals surface area contributed by atoms with Crippen molar-refractivity contribution >= 4 is 5.97 Å². The van der Waals surface area contributed by atoms with E-state index in [0.717, 1.165) is 0 Å². The zero-order valence-electron chi connectivity index (χ0n) is 7.15. The lowest BCUT2D eigenvalue weighted by Crippen LogP contribution is -2.43. The predicted molar refractivity (Wildman–Crippen MR) is 39.4 cm³/mol. The van der Waals surface area contributed by atoms with Crippen LogP contribution in [0.2, 0.25) is 0 Å². The standard InChI is InChI=1S/C8H12O4/c1-4-8-6(3-7(9)10-4)11-5(2)12-8/h4-6,8H,3H2,1-2H3/t4-,5-,6+,8-/m1/s1. The van der Waals surface area contributed by atoms with Gasteiger partial charge in [-0.1, -0.05) is 0 Å². The van der Waals surface area contributed by atoms with Crippen LogP contribution in [-0.2, 0) is 19.0 Å². The molecule has 12 heavy (non-hydrogen) atoms. The van der Waals surface area contributed by atoms with Crippen molar-refractivity contribution in [1.82, 2.24) is 0 Å². The van der Waals surface area contributed by atoms with Gasteiger partial charge in [0.15, 0.2) is 6.29 Å². The van der Waals surface area contributed by atoms with E-state index in [1.165, 1.54) is 0 Å². The minimum Gasteiger partial charge on any atom is -0.460 e. The first-order valence-corrected chi connectivity index (χ1v) is 4.17. The van der Waals surface area contributed by atoms with E-state index in [1.54, 1.807) is 0 Å². The Morgan fingerprint density at radius 3 is 2.83 bits per heavy atom. The largest absolute Gasteiger partial charge is 0.460 e. The van der Waals surface area contributed by atoms with E-state index in [0.29, 0.717) is 6.42 Å². The number of cyclic esters (lactones) is 1. The summed E-state index contributed by atoms with van der Waals surface area (Å²) in [4.78, 5) is 11.0. The van der Waals surface area contributed by atoms with E-state index in [4.69, 9.17) is 14.2 Å². The van der Waals surface area contributed by atoms with Crippen LogP contribution in [0.15, 0.2) is 0 Å². The van der Waals surface area contributed by atoms with Crippen LogP contribution in [0.3, 0.4) is 0 Å². The maximum atomic E-state index is 11.0. The van der Waals surface area contributed by atoms with Crippen molar-refractivity contribution in [3.05, 3.63) is 0 Å². The average Bonchev–Trinajstić information content (AvgIpc) is 2.29. The number of rotatable bonds is 0. The molecule has 2 aliphatic heterocycles. The van der Waals surface area contributed by atoms with Gasteiger partial charge in [0, 0.05) is 0 Å². The summed E-state index contributed by atoms with van der Waals surface area (Å²) < 4.78 is 15.8. The Hall–Kier alpha value is -0.610. The molecular weight excluding hydrogens is 160 g/mol. The zero-order valence-corrected chi connectivity index (χ0v) is 7.15. The summed E-state index contributed by atoms with van der Waals surface area (Å²) in [5, 5.41) is 0. The first-order chi connectivity index (χ1) is 5.66. The third-order valence-electron chi connectivity index (χ3n) is 2.23. The van der Waals surface area contributed by atoms with Gasteiger partial charge in [0.1, 0.15) is 18.3 Å². The highest BCUT2D eigenvalue weighted by atomic mass is 16.7. The van der Waals surface area contributed by atoms with Gasteiger partial charge in [-0.2, -0.15) is 0 Å². The summed E-state index contributed by atoms with van der Waals surface area (Å²) in [5.74, 6) is -0.193. The van der Waals surface area contributed by atoms with E-state index < -0.39 is 0 Å². The molecule has 0 aromatic heterocycles. The normalized spacial score (nSPS) is 47.0. The molecule has 0 saturated carbocycles. The van der Waals surface area contributed by atoms with Gasteiger partial charge in [0.05, 0.1) is 6.42 Å². The monoisotopic (exact) mass is 172 g/mol. The van der Waals surface area contributed by atoms with Crippen LogP contribution in [0, 0.1) is 0 Å². The molecule has 4 atom stereocenters. The second-order valence-electron chi connectivity index (χ2n) is 3.24. The summed E-state index contributed by atoms with van der Waals surface area (Å²) >= 11 is 0. The van der Waals surface area contributed by atoms with E-state index >= 15 is 0 Å². The lowest BCUT2D eigenvalue weighted by Gasteiger charge is -2.27. The van der Waals surface area contributed by atoms with Gasteiger partial charge >= 0.3 is 5.97 Å². The third kappa shape index (κ3) is 1.21. The van der Waals surface area contributed by atoms with Crippen LogP contribution in [0.25, 0.3) is 0 Å². The van der Waals surface area contributed by atoms with Crippen molar-refractivity contribution in [2.24, 2.45) is 0 Å². The van der Waals surface area contributed by atoms with Crippen LogP contribution < -0.4 is 0 Å². The summed E-state index contributed by atoms with van der Waals surface area (Å²) in [7, 11) is 0. The van der Waals surface area contributed by atoms with Gasteiger partial charge in [-0.05, 0) is 13.8 Å². The number of fused-ring (bicyclic) bond motifs is 1. The number of carbonyl (C=O) groups is 1. The lowest BCUT2D eigenvalue weighted by atomic mass is 10.0. The Kier molecular flexibility index (Phi) is 1.81. The second kappa shape index (κ2) is 2.71. The van der Waals surface area contributed by atoms with Crippen molar-refractivity contribution in [3.63, 3.8) is 0 Å². The number of carbonyl (C=O) groups excluding carboxylic acids is 1. The Bertz CT molecular complexity index is 203. The third-order valence-corrected chi connectivity index (χ3v) is 2.23. The van der Waals surface area contributed by atoms with E-state index in [9.17, 15) is 4.79 Å². The smallest absolute Gasteiger partial charge is 0.308 e. The van der Waals surface area contributed by atoms with Gasteiger partial charge < -0.3 is 14.2 Å². The van der Waals surface area contributed by atoms with Crippen molar-refractivity contribution in [3.8, 4) is 0 Å². The van der Waals surface area contributed by atoms with Gasteiger partial charge in [-0.25, -0.2) is 0 Å². The highest BCUT2D eigenvalue weighted by Crippen LogP contribution is 2.29. The molecule has 0 unspecified atom stereocenters. The highest BCUT2D eigenvalue weighted by Gasteiger charge is 2.44. The van der Waals surface area contributed by atoms with Crippen LogP contribution in [0.5, 0.6) is 0 Å². The molecule has 68 valence electrons. The highest BCUT2D eigenvalue weighted by molar-refractivity contribution is 5.71. The van der Waals surface area contributed by atoms with Crippen LogP contribution in [-0.4, -0.2) is 30.6 Å². The molecule has 0 radical (unpaired) electrons. The molecule has 4 nitrogen and oxygen atoms in total. The van der Waals surface area contributed by atoms with Crippen molar-refractivity contribution in [2.45, 2.75) is 44.9 Å². The summed E-state index contributed by atoms with van der Waals surface area (Å²) in [6.45, 7) is 3.66. The maximum Gasteiger partial charge on any atom is 0.308 e. The Morgan fingerprint density at radius 1 is 1.33 bits per heavy atom. The minimum absolute atomic E-state index is 0.0716. The Labute approximate surface area is 70.8 Å². The fourth-order valence-corrected chi connectivity index (χ4v) is 1.73. The molecule has 2 aliphatic rings. The Morgan fingerprint density at radius 2 is 2.08 bits per heavy atom. The first kappa shape index (κ1) is 8.01. The quantitative estimate of drug-likeness (QED) is 0.498. The second-order valence-corrected chi connectivity index (χ2v) is 3.24. The minimum atomic E-state index is -0.211. The maximum absolute atomic E-state index is 11.0. The fraction of sp³-hybridized carbons (Fsp3) is 0.875. The summed E-state index contributed by atoms with van der Waals surface area (Å²) in [6.07, 6.45) is -0.244. The van der Waals surface area contributed by atoms with Crippen molar-refractivity contribution in [2.75, 3.05) is 0 Å². The average molecular weight is 172 g/mol. The van der Waals surface area contributed by atoms with Gasteiger partial charge in [-0.15, -0.1) is 0 Å². The summed E-state index contributed by atoms with van der Waals surface area (Å²) in [5.41, 5.74) is 0. The van der Waals surface area contributed by atoms with E-state index in [2.05, 4.69) is 0 Å². The molecule has 0 bridgehead atoms. The van der Waals surface area contributed by atoms with Crippen LogP contribution in [0.1, 0.15) is 20.3 Å². The SMILES string of the molecule is C[C@H]1O[C@H]2[C@H](CC(=O)O[C@@H]2C)O1. The van der Waals surface area contributed by atoms with Gasteiger partial charge in [0.25, 0.3) is 0 Å². The fourth-order valence-electron chi connectivity index (χ4n) is 1.73.